The normalized spacial score (nSPS) is 15.3. The molecule has 1 aliphatic carbocycles. The van der Waals surface area contributed by atoms with E-state index >= 15 is 0 Å². The number of rotatable bonds is 4. The highest BCUT2D eigenvalue weighted by Gasteiger charge is 2.23. The number of hydrogen-bond donors (Lipinski definition) is 1. The number of nitrogens with zero attached hydrogens (tertiary/aromatic N) is 1. The lowest BCUT2D eigenvalue weighted by Crippen LogP contribution is -2.36. The van der Waals surface area contributed by atoms with Crippen LogP contribution in [0.1, 0.15) is 63.4 Å². The maximum absolute atomic E-state index is 12.1. The van der Waals surface area contributed by atoms with Crippen LogP contribution in [0.2, 0.25) is 0 Å². The fourth-order valence-electron chi connectivity index (χ4n) is 2.74. The third kappa shape index (κ3) is 4.15. The van der Waals surface area contributed by atoms with Crippen LogP contribution in [0.5, 0.6) is 0 Å². The van der Waals surface area contributed by atoms with Crippen molar-refractivity contribution in [3.63, 3.8) is 0 Å². The summed E-state index contributed by atoms with van der Waals surface area (Å²) in [6.07, 6.45) is 7.29. The number of aryl methyl sites for hydroxylation is 1. The Morgan fingerprint density at radius 3 is 2.77 bits per heavy atom. The number of carbonyl (C=O) groups excluding carboxylic acids is 1. The molecule has 4 nitrogen and oxygen atoms in total. The van der Waals surface area contributed by atoms with Gasteiger partial charge in [-0.2, -0.15) is 0 Å². The standard InChI is InChI=1S/C18H28N2O2/c1-6-13(12-20(5)17(21)22-18(2,3)4)16-11-14-9-7-8-10-15(14)19-16/h7,9,11,13,19H,6,8,10,12H2,1-5H3. The number of aromatic nitrogens is 1. The Bertz CT molecular complexity index is 552. The summed E-state index contributed by atoms with van der Waals surface area (Å²) in [7, 11) is 1.81. The maximum atomic E-state index is 12.1. The number of fused-ring (bicyclic) bond motifs is 1. The molecule has 1 heterocycles. The van der Waals surface area contributed by atoms with Crippen molar-refractivity contribution in [3.8, 4) is 0 Å². The molecule has 0 aromatic carbocycles. The first kappa shape index (κ1) is 16.7. The van der Waals surface area contributed by atoms with Gasteiger partial charge in [0.05, 0.1) is 0 Å². The predicted molar refractivity (Wildman–Crippen MR) is 90.0 cm³/mol. The Morgan fingerprint density at radius 1 is 1.45 bits per heavy atom. The van der Waals surface area contributed by atoms with Crippen molar-refractivity contribution in [2.45, 2.75) is 58.5 Å². The number of H-pyrrole nitrogens is 1. The first-order chi connectivity index (χ1) is 10.3. The summed E-state index contributed by atoms with van der Waals surface area (Å²) >= 11 is 0. The second kappa shape index (κ2) is 6.59. The van der Waals surface area contributed by atoms with Gasteiger partial charge >= 0.3 is 6.09 Å². The highest BCUT2D eigenvalue weighted by molar-refractivity contribution is 5.67. The van der Waals surface area contributed by atoms with Gasteiger partial charge in [-0.1, -0.05) is 19.1 Å². The molecule has 1 atom stereocenters. The number of hydrogen-bond acceptors (Lipinski definition) is 2. The Kier molecular flexibility index (Phi) is 4.99. The lowest BCUT2D eigenvalue weighted by molar-refractivity contribution is 0.0287. The maximum Gasteiger partial charge on any atom is 0.410 e. The third-order valence-electron chi connectivity index (χ3n) is 3.95. The molecule has 122 valence electrons. The smallest absolute Gasteiger partial charge is 0.410 e. The number of carbonyl (C=O) groups is 1. The molecule has 0 spiro atoms. The molecule has 22 heavy (non-hydrogen) atoms. The van der Waals surface area contributed by atoms with Gasteiger partial charge in [0.25, 0.3) is 0 Å². The molecular weight excluding hydrogens is 276 g/mol. The SMILES string of the molecule is CCC(CN(C)C(=O)OC(C)(C)C)c1cc2c([nH]1)CCC=C2. The van der Waals surface area contributed by atoms with E-state index in [1.165, 1.54) is 17.0 Å². The van der Waals surface area contributed by atoms with Crippen molar-refractivity contribution in [1.82, 2.24) is 9.88 Å². The molecule has 0 bridgehead atoms. The average molecular weight is 304 g/mol. The van der Waals surface area contributed by atoms with Gasteiger partial charge in [-0.3, -0.25) is 0 Å². The van der Waals surface area contributed by atoms with Gasteiger partial charge in [-0.15, -0.1) is 0 Å². The quantitative estimate of drug-likeness (QED) is 0.899. The van der Waals surface area contributed by atoms with E-state index in [2.05, 4.69) is 30.1 Å². The van der Waals surface area contributed by atoms with Crippen LogP contribution in [-0.2, 0) is 11.2 Å². The summed E-state index contributed by atoms with van der Waals surface area (Å²) < 4.78 is 5.43. The summed E-state index contributed by atoms with van der Waals surface area (Å²) in [6, 6.07) is 2.22. The van der Waals surface area contributed by atoms with Crippen LogP contribution in [0.4, 0.5) is 4.79 Å². The van der Waals surface area contributed by atoms with E-state index in [9.17, 15) is 4.79 Å². The molecule has 0 saturated heterocycles. The van der Waals surface area contributed by atoms with Crippen molar-refractivity contribution in [2.24, 2.45) is 0 Å². The average Bonchev–Trinajstić information content (AvgIpc) is 2.86. The second-order valence-electron chi connectivity index (χ2n) is 7.07. The first-order valence-electron chi connectivity index (χ1n) is 8.12. The zero-order chi connectivity index (χ0) is 16.3. The fourth-order valence-corrected chi connectivity index (χ4v) is 2.74. The summed E-state index contributed by atoms with van der Waals surface area (Å²) in [5.41, 5.74) is 3.37. The predicted octanol–water partition coefficient (Wildman–Crippen LogP) is 4.33. The van der Waals surface area contributed by atoms with Crippen molar-refractivity contribution in [2.75, 3.05) is 13.6 Å². The highest BCUT2D eigenvalue weighted by atomic mass is 16.6. The van der Waals surface area contributed by atoms with E-state index < -0.39 is 5.60 Å². The number of ether oxygens (including phenoxy) is 1. The van der Waals surface area contributed by atoms with Gasteiger partial charge in [0.2, 0.25) is 0 Å². The van der Waals surface area contributed by atoms with E-state index in [4.69, 9.17) is 4.74 Å². The van der Waals surface area contributed by atoms with Gasteiger partial charge in [0.15, 0.2) is 0 Å². The van der Waals surface area contributed by atoms with Crippen LogP contribution >= 0.6 is 0 Å². The van der Waals surface area contributed by atoms with Crippen LogP contribution < -0.4 is 0 Å². The fraction of sp³-hybridized carbons (Fsp3) is 0.611. The minimum Gasteiger partial charge on any atom is -0.444 e. The van der Waals surface area contributed by atoms with Gasteiger partial charge < -0.3 is 14.6 Å². The van der Waals surface area contributed by atoms with E-state index in [1.54, 1.807) is 11.9 Å². The molecule has 0 saturated carbocycles. The van der Waals surface area contributed by atoms with Crippen LogP contribution in [-0.4, -0.2) is 35.2 Å². The Hall–Kier alpha value is -1.71. The van der Waals surface area contributed by atoms with Crippen molar-refractivity contribution in [1.29, 1.82) is 0 Å². The lowest BCUT2D eigenvalue weighted by atomic mass is 10.0. The molecule has 1 N–H and O–H groups in total. The van der Waals surface area contributed by atoms with Gasteiger partial charge in [-0.05, 0) is 51.7 Å². The topological polar surface area (TPSA) is 45.3 Å². The zero-order valence-electron chi connectivity index (χ0n) is 14.4. The van der Waals surface area contributed by atoms with Gasteiger partial charge in [0.1, 0.15) is 5.60 Å². The van der Waals surface area contributed by atoms with Gasteiger partial charge in [-0.25, -0.2) is 4.79 Å². The molecule has 1 aliphatic rings. The van der Waals surface area contributed by atoms with E-state index in [1.807, 2.05) is 20.8 Å². The molecule has 0 radical (unpaired) electrons. The number of aromatic amines is 1. The molecule has 0 fully saturated rings. The van der Waals surface area contributed by atoms with Crippen LogP contribution in [0.3, 0.4) is 0 Å². The van der Waals surface area contributed by atoms with Crippen LogP contribution in [0.15, 0.2) is 12.1 Å². The van der Waals surface area contributed by atoms with E-state index in [0.717, 1.165) is 19.3 Å². The first-order valence-corrected chi connectivity index (χ1v) is 8.12. The molecule has 1 aromatic rings. The summed E-state index contributed by atoms with van der Waals surface area (Å²) in [5.74, 6) is 0.302. The minimum absolute atomic E-state index is 0.262. The van der Waals surface area contributed by atoms with Crippen LogP contribution in [0.25, 0.3) is 6.08 Å². The van der Waals surface area contributed by atoms with Crippen molar-refractivity contribution < 1.29 is 9.53 Å². The Labute approximate surface area is 133 Å². The van der Waals surface area contributed by atoms with E-state index in [-0.39, 0.29) is 6.09 Å². The Morgan fingerprint density at radius 2 is 2.18 bits per heavy atom. The summed E-state index contributed by atoms with van der Waals surface area (Å²) in [6.45, 7) is 8.49. The molecule has 4 heteroatoms. The molecule has 0 aliphatic heterocycles. The lowest BCUT2D eigenvalue weighted by Gasteiger charge is -2.27. The number of allylic oxidation sites excluding steroid dienone is 1. The molecule has 1 aromatic heterocycles. The molecule has 1 amide bonds. The number of amides is 1. The van der Waals surface area contributed by atoms with Gasteiger partial charge in [0, 0.05) is 30.9 Å². The van der Waals surface area contributed by atoms with Crippen molar-refractivity contribution in [3.05, 3.63) is 29.1 Å². The van der Waals surface area contributed by atoms with Crippen molar-refractivity contribution >= 4 is 12.2 Å². The zero-order valence-corrected chi connectivity index (χ0v) is 14.4. The molecule has 1 unspecified atom stereocenters. The number of nitrogens with one attached hydrogen (secondary N) is 1. The molecule has 2 rings (SSSR count). The Balaban J connectivity index is 2.04. The minimum atomic E-state index is -0.455. The largest absolute Gasteiger partial charge is 0.444 e. The monoisotopic (exact) mass is 304 g/mol. The number of likely N-dealkylation sites (N-methyl/N-ethyl adjacent to an activating group) is 1. The highest BCUT2D eigenvalue weighted by Crippen LogP contribution is 2.26. The van der Waals surface area contributed by atoms with Crippen LogP contribution in [0, 0.1) is 0 Å². The second-order valence-corrected chi connectivity index (χ2v) is 7.07. The molecular formula is C18H28N2O2. The third-order valence-corrected chi connectivity index (χ3v) is 3.95. The summed E-state index contributed by atoms with van der Waals surface area (Å²) in [4.78, 5) is 17.3. The summed E-state index contributed by atoms with van der Waals surface area (Å²) in [5, 5.41) is 0. The van der Waals surface area contributed by atoms with E-state index in [0.29, 0.717) is 12.5 Å².